The molecule has 0 spiro atoms. The summed E-state index contributed by atoms with van der Waals surface area (Å²) < 4.78 is 4.43. The Hall–Kier alpha value is -0.653. The van der Waals surface area contributed by atoms with Crippen molar-refractivity contribution in [2.75, 3.05) is 0 Å². The Labute approximate surface area is 64.6 Å². The number of nitrogens with one attached hydrogen (secondary N) is 1. The van der Waals surface area contributed by atoms with Crippen LogP contribution in [-0.4, -0.2) is 30.3 Å². The third-order valence-electron chi connectivity index (χ3n) is 0.754. The van der Waals surface area contributed by atoms with Gasteiger partial charge < -0.3 is 9.72 Å². The van der Waals surface area contributed by atoms with E-state index in [0.717, 1.165) is 0 Å². The molecule has 0 saturated heterocycles. The minimum atomic E-state index is 0. The number of ether oxygens (including phenoxy) is 1. The van der Waals surface area contributed by atoms with Gasteiger partial charge in [-0.3, -0.25) is 4.79 Å². The van der Waals surface area contributed by atoms with Gasteiger partial charge in [-0.1, -0.05) is 0 Å². The summed E-state index contributed by atoms with van der Waals surface area (Å²) in [5, 5.41) is 0. The fourth-order valence-electron chi connectivity index (χ4n) is 0.437. The molecule has 9 heavy (non-hydrogen) atoms. The summed E-state index contributed by atoms with van der Waals surface area (Å²) in [5.74, 6) is 0.542. The summed E-state index contributed by atoms with van der Waals surface area (Å²) in [5.41, 5.74) is 0. The summed E-state index contributed by atoms with van der Waals surface area (Å²) in [6.45, 7) is 0.392. The SMILES string of the molecule is O=COc1cc[nH]c1.[LiH]. The molecular weight excluding hydrogens is 113 g/mol. The molecule has 4 heteroatoms. The van der Waals surface area contributed by atoms with Gasteiger partial charge >= 0.3 is 18.9 Å². The number of aromatic amines is 1. The van der Waals surface area contributed by atoms with Crippen LogP contribution in [0.25, 0.3) is 0 Å². The van der Waals surface area contributed by atoms with E-state index in [1.807, 2.05) is 0 Å². The number of hydrogen-bond acceptors (Lipinski definition) is 2. The number of rotatable bonds is 2. The van der Waals surface area contributed by atoms with Crippen molar-refractivity contribution in [1.82, 2.24) is 4.98 Å². The Morgan fingerprint density at radius 2 is 2.44 bits per heavy atom. The fraction of sp³-hybridized carbons (Fsp3) is 0. The number of aromatic nitrogens is 1. The normalized spacial score (nSPS) is 7.56. The standard InChI is InChI=1S/C5H5NO2.Li.H/c7-4-8-5-1-2-6-3-5;;/h1-4,6H;;. The summed E-state index contributed by atoms with van der Waals surface area (Å²) in [6, 6.07) is 1.66. The van der Waals surface area contributed by atoms with Crippen molar-refractivity contribution in [3.8, 4) is 5.75 Å². The molecule has 1 heterocycles. The zero-order chi connectivity index (χ0) is 5.82. The molecule has 1 N–H and O–H groups in total. The van der Waals surface area contributed by atoms with Crippen molar-refractivity contribution in [1.29, 1.82) is 0 Å². The van der Waals surface area contributed by atoms with E-state index in [4.69, 9.17) is 0 Å². The van der Waals surface area contributed by atoms with E-state index in [9.17, 15) is 4.79 Å². The van der Waals surface area contributed by atoms with E-state index >= 15 is 0 Å². The van der Waals surface area contributed by atoms with Crippen molar-refractivity contribution >= 4 is 25.3 Å². The van der Waals surface area contributed by atoms with Crippen LogP contribution in [0.1, 0.15) is 0 Å². The Morgan fingerprint density at radius 3 is 2.89 bits per heavy atom. The maximum atomic E-state index is 9.64. The van der Waals surface area contributed by atoms with Crippen LogP contribution in [0.2, 0.25) is 0 Å². The van der Waals surface area contributed by atoms with E-state index in [-0.39, 0.29) is 18.9 Å². The van der Waals surface area contributed by atoms with Crippen molar-refractivity contribution < 1.29 is 9.53 Å². The van der Waals surface area contributed by atoms with Gasteiger partial charge in [0.25, 0.3) is 6.47 Å². The van der Waals surface area contributed by atoms with Gasteiger partial charge in [0.15, 0.2) is 0 Å². The summed E-state index contributed by atoms with van der Waals surface area (Å²) in [7, 11) is 0. The molecule has 0 saturated carbocycles. The van der Waals surface area contributed by atoms with Gasteiger partial charge in [-0.25, -0.2) is 0 Å². The van der Waals surface area contributed by atoms with Crippen molar-refractivity contribution in [3.05, 3.63) is 18.5 Å². The summed E-state index contributed by atoms with van der Waals surface area (Å²) in [6.07, 6.45) is 3.27. The second-order valence-corrected chi connectivity index (χ2v) is 1.26. The van der Waals surface area contributed by atoms with Gasteiger partial charge in [-0.15, -0.1) is 0 Å². The molecule has 1 aromatic heterocycles. The molecule has 1 rings (SSSR count). The Morgan fingerprint density at radius 1 is 1.67 bits per heavy atom. The predicted molar refractivity (Wildman–Crippen MR) is 34.6 cm³/mol. The van der Waals surface area contributed by atoms with Gasteiger partial charge in [0.1, 0.15) is 5.75 Å². The topological polar surface area (TPSA) is 42.1 Å². The Balaban J connectivity index is 0.000000640. The van der Waals surface area contributed by atoms with Crippen molar-refractivity contribution in [3.63, 3.8) is 0 Å². The first-order valence-electron chi connectivity index (χ1n) is 2.16. The monoisotopic (exact) mass is 119 g/mol. The van der Waals surface area contributed by atoms with Crippen LogP contribution < -0.4 is 4.74 Å². The van der Waals surface area contributed by atoms with Crippen LogP contribution in [0.15, 0.2) is 18.5 Å². The third-order valence-corrected chi connectivity index (χ3v) is 0.754. The molecule has 0 radical (unpaired) electrons. The molecule has 0 amide bonds. The van der Waals surface area contributed by atoms with Crippen LogP contribution in [0.5, 0.6) is 5.75 Å². The zero-order valence-corrected chi connectivity index (χ0v) is 4.13. The number of H-pyrrole nitrogens is 1. The van der Waals surface area contributed by atoms with Crippen LogP contribution in [0.4, 0.5) is 0 Å². The van der Waals surface area contributed by atoms with E-state index in [1.54, 1.807) is 18.5 Å². The van der Waals surface area contributed by atoms with Gasteiger partial charge in [-0.2, -0.15) is 0 Å². The summed E-state index contributed by atoms with van der Waals surface area (Å²) in [4.78, 5) is 12.4. The molecule has 3 nitrogen and oxygen atoms in total. The molecular formula is C5H6LiNO2. The summed E-state index contributed by atoms with van der Waals surface area (Å²) >= 11 is 0. The quantitative estimate of drug-likeness (QED) is 0.436. The average Bonchev–Trinajstić information content (AvgIpc) is 2.19. The van der Waals surface area contributed by atoms with E-state index in [0.29, 0.717) is 12.2 Å². The molecule has 0 bridgehead atoms. The molecule has 0 aliphatic heterocycles. The third kappa shape index (κ3) is 2.40. The van der Waals surface area contributed by atoms with Gasteiger partial charge in [-0.05, 0) is 6.07 Å². The van der Waals surface area contributed by atoms with E-state index in [1.165, 1.54) is 0 Å². The molecule has 44 valence electrons. The fourth-order valence-corrected chi connectivity index (χ4v) is 0.437. The first kappa shape index (κ1) is 8.35. The number of carbonyl (C=O) groups is 1. The van der Waals surface area contributed by atoms with Crippen molar-refractivity contribution in [2.45, 2.75) is 0 Å². The number of hydrogen-bond donors (Lipinski definition) is 1. The zero-order valence-electron chi connectivity index (χ0n) is 4.13. The Bertz CT molecular complexity index is 161. The van der Waals surface area contributed by atoms with E-state index in [2.05, 4.69) is 9.72 Å². The molecule has 1 aromatic rings. The molecule has 0 unspecified atom stereocenters. The maximum absolute atomic E-state index is 9.64. The minimum absolute atomic E-state index is 0. The second-order valence-electron chi connectivity index (χ2n) is 1.26. The van der Waals surface area contributed by atoms with Gasteiger partial charge in [0, 0.05) is 12.4 Å². The molecule has 0 aromatic carbocycles. The second kappa shape index (κ2) is 4.25. The van der Waals surface area contributed by atoms with Gasteiger partial charge in [0.05, 0.1) is 0 Å². The van der Waals surface area contributed by atoms with Crippen molar-refractivity contribution in [2.24, 2.45) is 0 Å². The van der Waals surface area contributed by atoms with Gasteiger partial charge in [0.2, 0.25) is 0 Å². The van der Waals surface area contributed by atoms with Crippen LogP contribution in [0.3, 0.4) is 0 Å². The predicted octanol–water partition coefficient (Wildman–Crippen LogP) is -0.0986. The number of carbonyl (C=O) groups excluding carboxylic acids is 1. The first-order chi connectivity index (χ1) is 3.93. The van der Waals surface area contributed by atoms with Crippen LogP contribution >= 0.6 is 0 Å². The molecule has 0 aliphatic rings. The Kier molecular flexibility index (Phi) is 3.94. The molecule has 0 atom stereocenters. The van der Waals surface area contributed by atoms with Crippen LogP contribution in [0, 0.1) is 0 Å². The first-order valence-corrected chi connectivity index (χ1v) is 2.16. The molecule has 0 aliphatic carbocycles. The average molecular weight is 119 g/mol. The molecule has 0 fully saturated rings. The van der Waals surface area contributed by atoms with E-state index < -0.39 is 0 Å². The van der Waals surface area contributed by atoms with Crippen LogP contribution in [-0.2, 0) is 4.79 Å².